The van der Waals surface area contributed by atoms with E-state index in [0.29, 0.717) is 6.54 Å². The van der Waals surface area contributed by atoms with Gasteiger partial charge in [-0.25, -0.2) is 4.79 Å². The van der Waals surface area contributed by atoms with E-state index >= 15 is 0 Å². The van der Waals surface area contributed by atoms with Crippen molar-refractivity contribution in [1.29, 1.82) is 0 Å². The number of carboxylic acids is 1. The Kier molecular flexibility index (Phi) is 4.00. The van der Waals surface area contributed by atoms with E-state index in [1.165, 1.54) is 11.1 Å². The molecule has 1 N–H and O–H groups in total. The highest BCUT2D eigenvalue weighted by atomic mass is 16.4. The maximum atomic E-state index is 10.9. The molecule has 2 aromatic rings. The smallest absolute Gasteiger partial charge is 0.356 e. The highest BCUT2D eigenvalue weighted by Crippen LogP contribution is 2.09. The number of hydrogen-bond acceptors (Lipinski definition) is 2. The lowest BCUT2D eigenvalue weighted by molar-refractivity contribution is 0.0689. The Labute approximate surface area is 112 Å². The van der Waals surface area contributed by atoms with Crippen molar-refractivity contribution in [3.05, 3.63) is 52.8 Å². The van der Waals surface area contributed by atoms with E-state index in [1.54, 1.807) is 10.7 Å². The number of rotatable bonds is 5. The van der Waals surface area contributed by atoms with Gasteiger partial charge in [-0.05, 0) is 31.4 Å². The van der Waals surface area contributed by atoms with Crippen molar-refractivity contribution < 1.29 is 9.90 Å². The van der Waals surface area contributed by atoms with Crippen LogP contribution >= 0.6 is 0 Å². The van der Waals surface area contributed by atoms with Gasteiger partial charge in [-0.2, -0.15) is 5.10 Å². The average molecular weight is 258 g/mol. The molecule has 100 valence electrons. The standard InChI is InChI=1S/C15H18N2O2/c1-3-13-10-14(15(18)19)16-17(13)9-8-12-6-4-11(2)5-7-12/h4-7,10H,3,8-9H2,1-2H3,(H,18,19). The molecule has 0 atom stereocenters. The third kappa shape index (κ3) is 3.22. The minimum absolute atomic E-state index is 0.126. The highest BCUT2D eigenvalue weighted by Gasteiger charge is 2.11. The van der Waals surface area contributed by atoms with Crippen LogP contribution in [0.5, 0.6) is 0 Å². The molecule has 0 aliphatic carbocycles. The Morgan fingerprint density at radius 3 is 2.58 bits per heavy atom. The second kappa shape index (κ2) is 5.69. The Morgan fingerprint density at radius 1 is 1.32 bits per heavy atom. The summed E-state index contributed by atoms with van der Waals surface area (Å²) in [6.07, 6.45) is 1.64. The minimum Gasteiger partial charge on any atom is -0.476 e. The van der Waals surface area contributed by atoms with Crippen molar-refractivity contribution in [1.82, 2.24) is 9.78 Å². The lowest BCUT2D eigenvalue weighted by Gasteiger charge is -2.06. The zero-order chi connectivity index (χ0) is 13.8. The molecule has 0 radical (unpaired) electrons. The fourth-order valence-electron chi connectivity index (χ4n) is 2.03. The van der Waals surface area contributed by atoms with Gasteiger partial charge in [-0.15, -0.1) is 0 Å². The van der Waals surface area contributed by atoms with E-state index in [1.807, 2.05) is 6.92 Å². The van der Waals surface area contributed by atoms with Crippen LogP contribution in [0.2, 0.25) is 0 Å². The third-order valence-electron chi connectivity index (χ3n) is 3.18. The average Bonchev–Trinajstić information content (AvgIpc) is 2.81. The number of carboxylic acid groups (broad SMARTS) is 1. The van der Waals surface area contributed by atoms with Gasteiger partial charge in [0, 0.05) is 12.2 Å². The van der Waals surface area contributed by atoms with Gasteiger partial charge >= 0.3 is 5.97 Å². The molecule has 19 heavy (non-hydrogen) atoms. The molecular weight excluding hydrogens is 240 g/mol. The summed E-state index contributed by atoms with van der Waals surface area (Å²) in [5.41, 5.74) is 3.57. The van der Waals surface area contributed by atoms with Crippen molar-refractivity contribution in [2.24, 2.45) is 0 Å². The van der Waals surface area contributed by atoms with Gasteiger partial charge in [0.2, 0.25) is 0 Å². The van der Waals surface area contributed by atoms with Crippen LogP contribution in [-0.4, -0.2) is 20.9 Å². The first-order valence-electron chi connectivity index (χ1n) is 6.45. The van der Waals surface area contributed by atoms with E-state index in [-0.39, 0.29) is 5.69 Å². The number of carbonyl (C=O) groups is 1. The zero-order valence-electron chi connectivity index (χ0n) is 11.3. The first kappa shape index (κ1) is 13.3. The summed E-state index contributed by atoms with van der Waals surface area (Å²) in [4.78, 5) is 10.9. The molecule has 1 aromatic heterocycles. The SMILES string of the molecule is CCc1cc(C(=O)O)nn1CCc1ccc(C)cc1. The van der Waals surface area contributed by atoms with Crippen LogP contribution in [0.3, 0.4) is 0 Å². The van der Waals surface area contributed by atoms with Crippen LogP contribution in [0.15, 0.2) is 30.3 Å². The van der Waals surface area contributed by atoms with Crippen LogP contribution < -0.4 is 0 Å². The summed E-state index contributed by atoms with van der Waals surface area (Å²) in [5.74, 6) is -0.969. The first-order chi connectivity index (χ1) is 9.10. The summed E-state index contributed by atoms with van der Waals surface area (Å²) in [6, 6.07) is 10.0. The lowest BCUT2D eigenvalue weighted by Crippen LogP contribution is -2.08. The summed E-state index contributed by atoms with van der Waals surface area (Å²) < 4.78 is 1.79. The van der Waals surface area contributed by atoms with Crippen LogP contribution in [0, 0.1) is 6.92 Å². The number of aromatic nitrogens is 2. The first-order valence-corrected chi connectivity index (χ1v) is 6.45. The van der Waals surface area contributed by atoms with E-state index in [2.05, 4.69) is 36.3 Å². The molecule has 4 nitrogen and oxygen atoms in total. The number of nitrogens with zero attached hydrogens (tertiary/aromatic N) is 2. The predicted molar refractivity (Wildman–Crippen MR) is 73.4 cm³/mol. The van der Waals surface area contributed by atoms with E-state index < -0.39 is 5.97 Å². The minimum atomic E-state index is -0.969. The quantitative estimate of drug-likeness (QED) is 0.897. The summed E-state index contributed by atoms with van der Waals surface area (Å²) >= 11 is 0. The van der Waals surface area contributed by atoms with Crippen LogP contribution in [0.1, 0.15) is 34.2 Å². The topological polar surface area (TPSA) is 55.1 Å². The monoisotopic (exact) mass is 258 g/mol. The van der Waals surface area contributed by atoms with Gasteiger partial charge in [0.25, 0.3) is 0 Å². The molecular formula is C15H18N2O2. The lowest BCUT2D eigenvalue weighted by atomic mass is 10.1. The van der Waals surface area contributed by atoms with Crippen LogP contribution in [0.25, 0.3) is 0 Å². The van der Waals surface area contributed by atoms with Gasteiger partial charge < -0.3 is 5.11 Å². The van der Waals surface area contributed by atoms with Gasteiger partial charge in [0.15, 0.2) is 5.69 Å². The molecule has 1 heterocycles. The number of hydrogen-bond donors (Lipinski definition) is 1. The molecule has 4 heteroatoms. The number of aromatic carboxylic acids is 1. The molecule has 0 aliphatic heterocycles. The highest BCUT2D eigenvalue weighted by molar-refractivity contribution is 5.85. The zero-order valence-corrected chi connectivity index (χ0v) is 11.3. The Hall–Kier alpha value is -2.10. The molecule has 0 fully saturated rings. The largest absolute Gasteiger partial charge is 0.476 e. The van der Waals surface area contributed by atoms with Crippen LogP contribution in [-0.2, 0) is 19.4 Å². The second-order valence-electron chi connectivity index (χ2n) is 4.64. The fourth-order valence-corrected chi connectivity index (χ4v) is 2.03. The number of aryl methyl sites for hydroxylation is 4. The molecule has 2 rings (SSSR count). The molecule has 0 aliphatic rings. The summed E-state index contributed by atoms with van der Waals surface area (Å²) in [5, 5.41) is 13.1. The van der Waals surface area contributed by atoms with E-state index in [9.17, 15) is 4.79 Å². The van der Waals surface area contributed by atoms with Gasteiger partial charge in [0.1, 0.15) is 0 Å². The second-order valence-corrected chi connectivity index (χ2v) is 4.64. The van der Waals surface area contributed by atoms with Crippen molar-refractivity contribution in [2.45, 2.75) is 33.2 Å². The van der Waals surface area contributed by atoms with Crippen molar-refractivity contribution >= 4 is 5.97 Å². The Bertz CT molecular complexity index is 570. The van der Waals surface area contributed by atoms with Crippen molar-refractivity contribution in [3.8, 4) is 0 Å². The molecule has 0 unspecified atom stereocenters. The summed E-state index contributed by atoms with van der Waals surface area (Å²) in [6.45, 7) is 4.77. The molecule has 0 amide bonds. The maximum absolute atomic E-state index is 10.9. The van der Waals surface area contributed by atoms with Crippen molar-refractivity contribution in [3.63, 3.8) is 0 Å². The third-order valence-corrected chi connectivity index (χ3v) is 3.18. The Morgan fingerprint density at radius 2 is 2.00 bits per heavy atom. The molecule has 0 spiro atoms. The molecule has 0 bridgehead atoms. The van der Waals surface area contributed by atoms with Gasteiger partial charge in [0.05, 0.1) is 0 Å². The van der Waals surface area contributed by atoms with Gasteiger partial charge in [-0.1, -0.05) is 36.8 Å². The molecule has 0 saturated carbocycles. The number of benzene rings is 1. The summed E-state index contributed by atoms with van der Waals surface area (Å²) in [7, 11) is 0. The predicted octanol–water partition coefficient (Wildman–Crippen LogP) is 2.69. The van der Waals surface area contributed by atoms with Gasteiger partial charge in [-0.3, -0.25) is 4.68 Å². The molecule has 1 aromatic carbocycles. The maximum Gasteiger partial charge on any atom is 0.356 e. The van der Waals surface area contributed by atoms with Crippen molar-refractivity contribution in [2.75, 3.05) is 0 Å². The Balaban J connectivity index is 2.10. The van der Waals surface area contributed by atoms with E-state index in [4.69, 9.17) is 5.11 Å². The molecule has 0 saturated heterocycles. The van der Waals surface area contributed by atoms with E-state index in [0.717, 1.165) is 18.5 Å². The normalized spacial score (nSPS) is 10.6. The van der Waals surface area contributed by atoms with Crippen LogP contribution in [0.4, 0.5) is 0 Å². The fraction of sp³-hybridized carbons (Fsp3) is 0.333.